The Morgan fingerprint density at radius 3 is 2.30 bits per heavy atom. The van der Waals surface area contributed by atoms with Crippen LogP contribution in [0.15, 0.2) is 35.2 Å². The smallest absolute Gasteiger partial charge is 0.262 e. The molecule has 3 rings (SSSR count). The summed E-state index contributed by atoms with van der Waals surface area (Å²) in [6, 6.07) is 8.11. The van der Waals surface area contributed by atoms with Gasteiger partial charge in [-0.05, 0) is 57.6 Å². The molecule has 0 bridgehead atoms. The van der Waals surface area contributed by atoms with Gasteiger partial charge in [-0.1, -0.05) is 17.7 Å². The monoisotopic (exact) mass is 495 g/mol. The van der Waals surface area contributed by atoms with Gasteiger partial charge < -0.3 is 19.3 Å². The Hall–Kier alpha value is -2.49. The Bertz CT molecular complexity index is 1130. The highest BCUT2D eigenvalue weighted by molar-refractivity contribution is 7.92. The number of rotatable bonds is 7. The molecule has 180 valence electrons. The van der Waals surface area contributed by atoms with Gasteiger partial charge >= 0.3 is 0 Å². The molecule has 10 heteroatoms. The minimum atomic E-state index is -4.03. The fourth-order valence-electron chi connectivity index (χ4n) is 3.93. The molecule has 1 N–H and O–H groups in total. The van der Waals surface area contributed by atoms with Gasteiger partial charge in [-0.2, -0.15) is 0 Å². The number of hydrogen-bond acceptors (Lipinski definition) is 6. The van der Waals surface area contributed by atoms with Crippen LogP contribution in [-0.4, -0.2) is 71.6 Å². The molecular weight excluding hydrogens is 466 g/mol. The molecule has 0 unspecified atom stereocenters. The molecule has 0 atom stereocenters. The number of aryl methyl sites for hydroxylation is 1. The molecule has 0 spiro atoms. The highest BCUT2D eigenvalue weighted by atomic mass is 35.5. The molecule has 0 radical (unpaired) electrons. The quantitative estimate of drug-likeness (QED) is 0.631. The number of halogens is 1. The van der Waals surface area contributed by atoms with Crippen LogP contribution in [-0.2, 0) is 10.0 Å². The summed E-state index contributed by atoms with van der Waals surface area (Å²) in [6.45, 7) is 2.96. The topological polar surface area (TPSA) is 88.2 Å². The van der Waals surface area contributed by atoms with Gasteiger partial charge in [0.2, 0.25) is 0 Å². The first-order valence-electron chi connectivity index (χ1n) is 10.6. The second-order valence-corrected chi connectivity index (χ2v) is 10.3. The van der Waals surface area contributed by atoms with Crippen molar-refractivity contribution in [1.82, 2.24) is 9.80 Å². The lowest BCUT2D eigenvalue weighted by Gasteiger charge is -2.35. The number of likely N-dealkylation sites (tertiary alicyclic amines) is 1. The van der Waals surface area contributed by atoms with Crippen LogP contribution in [0, 0.1) is 6.92 Å². The van der Waals surface area contributed by atoms with Crippen LogP contribution in [0.5, 0.6) is 11.5 Å². The third-order valence-corrected chi connectivity index (χ3v) is 7.73. The van der Waals surface area contributed by atoms with E-state index in [4.69, 9.17) is 21.1 Å². The van der Waals surface area contributed by atoms with Crippen molar-refractivity contribution in [3.05, 3.63) is 46.5 Å². The lowest BCUT2D eigenvalue weighted by Crippen LogP contribution is -2.44. The minimum absolute atomic E-state index is 0.0190. The van der Waals surface area contributed by atoms with Crippen molar-refractivity contribution in [2.75, 3.05) is 46.1 Å². The van der Waals surface area contributed by atoms with Crippen LogP contribution in [0.1, 0.15) is 28.8 Å². The van der Waals surface area contributed by atoms with Crippen molar-refractivity contribution in [1.29, 1.82) is 0 Å². The van der Waals surface area contributed by atoms with Gasteiger partial charge in [0.15, 0.2) is 0 Å². The van der Waals surface area contributed by atoms with Crippen molar-refractivity contribution in [3.63, 3.8) is 0 Å². The molecule has 0 aromatic heterocycles. The van der Waals surface area contributed by atoms with Crippen LogP contribution < -0.4 is 14.2 Å². The van der Waals surface area contributed by atoms with E-state index >= 15 is 0 Å². The molecule has 2 aromatic carbocycles. The van der Waals surface area contributed by atoms with Gasteiger partial charge in [0, 0.05) is 30.8 Å². The van der Waals surface area contributed by atoms with E-state index in [2.05, 4.69) is 9.62 Å². The van der Waals surface area contributed by atoms with E-state index < -0.39 is 10.0 Å². The van der Waals surface area contributed by atoms with Crippen LogP contribution in [0.25, 0.3) is 0 Å². The molecule has 1 fully saturated rings. The van der Waals surface area contributed by atoms with Crippen LogP contribution >= 0.6 is 11.6 Å². The predicted octanol–water partition coefficient (Wildman–Crippen LogP) is 3.63. The number of nitrogens with zero attached hydrogens (tertiary/aromatic N) is 2. The number of piperidine rings is 1. The van der Waals surface area contributed by atoms with Crippen molar-refractivity contribution >= 4 is 33.2 Å². The first-order valence-corrected chi connectivity index (χ1v) is 12.4. The van der Waals surface area contributed by atoms with Crippen molar-refractivity contribution in [2.45, 2.75) is 30.7 Å². The number of carbonyl (C=O) groups is 1. The molecule has 1 aliphatic heterocycles. The molecule has 8 nitrogen and oxygen atoms in total. The van der Waals surface area contributed by atoms with Gasteiger partial charge in [-0.3, -0.25) is 9.52 Å². The van der Waals surface area contributed by atoms with Gasteiger partial charge in [0.05, 0.1) is 29.8 Å². The Morgan fingerprint density at radius 2 is 1.73 bits per heavy atom. The summed E-state index contributed by atoms with van der Waals surface area (Å²) in [5.74, 6) is 0.445. The second kappa shape index (κ2) is 10.2. The molecule has 1 saturated heterocycles. The van der Waals surface area contributed by atoms with E-state index in [1.807, 2.05) is 14.1 Å². The fraction of sp³-hybridized carbons (Fsp3) is 0.435. The summed E-state index contributed by atoms with van der Waals surface area (Å²) >= 11 is 6.18. The number of benzene rings is 2. The summed E-state index contributed by atoms with van der Waals surface area (Å²) in [6.07, 6.45) is 1.77. The van der Waals surface area contributed by atoms with Crippen molar-refractivity contribution in [2.24, 2.45) is 0 Å². The van der Waals surface area contributed by atoms with Crippen LogP contribution in [0.2, 0.25) is 5.02 Å². The predicted molar refractivity (Wildman–Crippen MR) is 129 cm³/mol. The zero-order valence-corrected chi connectivity index (χ0v) is 21.1. The van der Waals surface area contributed by atoms with E-state index in [-0.39, 0.29) is 27.3 Å². The average Bonchev–Trinajstić information content (AvgIpc) is 2.78. The Morgan fingerprint density at radius 1 is 1.09 bits per heavy atom. The lowest BCUT2D eigenvalue weighted by molar-refractivity contribution is 0.0663. The van der Waals surface area contributed by atoms with Gasteiger partial charge in [-0.25, -0.2) is 8.42 Å². The summed E-state index contributed by atoms with van der Waals surface area (Å²) in [5, 5.41) is 0.234. The zero-order chi connectivity index (χ0) is 24.3. The maximum Gasteiger partial charge on any atom is 0.262 e. The lowest BCUT2D eigenvalue weighted by atomic mass is 10.0. The summed E-state index contributed by atoms with van der Waals surface area (Å²) in [5.41, 5.74) is 1.03. The number of hydrogen-bond donors (Lipinski definition) is 1. The van der Waals surface area contributed by atoms with E-state index in [0.717, 1.165) is 12.8 Å². The Kier molecular flexibility index (Phi) is 7.76. The van der Waals surface area contributed by atoms with Crippen LogP contribution in [0.4, 0.5) is 5.69 Å². The summed E-state index contributed by atoms with van der Waals surface area (Å²) in [7, 11) is 2.93. The van der Waals surface area contributed by atoms with E-state index in [1.165, 1.54) is 32.4 Å². The van der Waals surface area contributed by atoms with Gasteiger partial charge in [0.25, 0.3) is 15.9 Å². The first-order chi connectivity index (χ1) is 15.6. The molecular formula is C23H30ClN3O5S. The van der Waals surface area contributed by atoms with Crippen molar-refractivity contribution in [3.8, 4) is 11.5 Å². The van der Waals surface area contributed by atoms with Gasteiger partial charge in [0.1, 0.15) is 11.5 Å². The molecule has 0 aliphatic carbocycles. The normalized spacial score (nSPS) is 14.9. The van der Waals surface area contributed by atoms with E-state index in [9.17, 15) is 13.2 Å². The number of amides is 1. The average molecular weight is 496 g/mol. The SMILES string of the molecule is COc1cc(OC)c(NS(=O)(=O)c2cc(C(=O)N3CCC(N(C)C)CC3)ccc2C)cc1Cl. The van der Waals surface area contributed by atoms with E-state index in [1.54, 1.807) is 24.0 Å². The third-order valence-electron chi connectivity index (χ3n) is 5.92. The maximum atomic E-state index is 13.3. The number of sulfonamides is 1. The molecule has 33 heavy (non-hydrogen) atoms. The molecule has 1 amide bonds. The number of anilines is 1. The zero-order valence-electron chi connectivity index (χ0n) is 19.5. The molecule has 0 saturated carbocycles. The Labute approximate surface area is 200 Å². The number of nitrogens with one attached hydrogen (secondary N) is 1. The van der Waals surface area contributed by atoms with E-state index in [0.29, 0.717) is 36.0 Å². The van der Waals surface area contributed by atoms with Crippen LogP contribution in [0.3, 0.4) is 0 Å². The third kappa shape index (κ3) is 5.54. The summed E-state index contributed by atoms with van der Waals surface area (Å²) in [4.78, 5) is 17.1. The molecule has 2 aromatic rings. The minimum Gasteiger partial charge on any atom is -0.495 e. The highest BCUT2D eigenvalue weighted by Gasteiger charge is 2.27. The number of methoxy groups -OCH3 is 2. The largest absolute Gasteiger partial charge is 0.495 e. The van der Waals surface area contributed by atoms with Crippen molar-refractivity contribution < 1.29 is 22.7 Å². The van der Waals surface area contributed by atoms with Gasteiger partial charge in [-0.15, -0.1) is 0 Å². The molecule has 1 aliphatic rings. The molecule has 1 heterocycles. The highest BCUT2D eigenvalue weighted by Crippen LogP contribution is 2.37. The Balaban J connectivity index is 1.87. The number of carbonyl (C=O) groups excluding carboxylic acids is 1. The maximum absolute atomic E-state index is 13.3. The summed E-state index contributed by atoms with van der Waals surface area (Å²) < 4.78 is 39.5. The second-order valence-electron chi connectivity index (χ2n) is 8.26. The number of ether oxygens (including phenoxy) is 2. The standard InChI is InChI=1S/C23H30ClN3O5S/c1-15-6-7-16(23(28)27-10-8-17(9-11-27)26(2)3)12-22(15)33(29,30)25-19-13-18(24)20(31-4)14-21(19)32-5/h6-7,12-14,17,25H,8-11H2,1-5H3. The fourth-order valence-corrected chi connectivity index (χ4v) is 5.50. The first kappa shape index (κ1) is 25.1.